The molecule has 0 bridgehead atoms. The van der Waals surface area contributed by atoms with Gasteiger partial charge in [-0.15, -0.1) is 0 Å². The SMILES string of the molecule is C=C(C)C(=O)OCC(CCO)c1ccc(-c2ccc(C3CCC(CC(C)CCCC)CC3)cc2)cc1. The molecule has 1 aliphatic carbocycles. The second-order valence-corrected chi connectivity index (χ2v) is 11.0. The van der Waals surface area contributed by atoms with Gasteiger partial charge in [-0.3, -0.25) is 0 Å². The van der Waals surface area contributed by atoms with Crippen molar-refractivity contribution in [1.29, 1.82) is 0 Å². The molecule has 0 spiro atoms. The lowest BCUT2D eigenvalue weighted by molar-refractivity contribution is -0.139. The highest BCUT2D eigenvalue weighted by Crippen LogP contribution is 2.39. The minimum absolute atomic E-state index is 0.0283. The first-order valence-electron chi connectivity index (χ1n) is 14.0. The molecule has 196 valence electrons. The topological polar surface area (TPSA) is 46.5 Å². The van der Waals surface area contributed by atoms with Crippen molar-refractivity contribution < 1.29 is 14.6 Å². The molecule has 3 nitrogen and oxygen atoms in total. The van der Waals surface area contributed by atoms with E-state index in [-0.39, 0.29) is 25.1 Å². The zero-order valence-electron chi connectivity index (χ0n) is 22.7. The molecule has 2 unspecified atom stereocenters. The first kappa shape index (κ1) is 28.2. The number of esters is 1. The van der Waals surface area contributed by atoms with Crippen LogP contribution in [-0.4, -0.2) is 24.3 Å². The summed E-state index contributed by atoms with van der Waals surface area (Å²) in [4.78, 5) is 11.8. The molecule has 1 N–H and O–H groups in total. The summed E-state index contributed by atoms with van der Waals surface area (Å²) in [6.07, 6.45) is 11.4. The van der Waals surface area contributed by atoms with Crippen LogP contribution in [0.15, 0.2) is 60.7 Å². The smallest absolute Gasteiger partial charge is 0.333 e. The first-order valence-corrected chi connectivity index (χ1v) is 14.0. The van der Waals surface area contributed by atoms with Crippen LogP contribution in [0, 0.1) is 11.8 Å². The number of hydrogen-bond donors (Lipinski definition) is 1. The molecule has 0 aliphatic heterocycles. The minimum atomic E-state index is -0.385. The third kappa shape index (κ3) is 8.34. The molecule has 2 aromatic rings. The van der Waals surface area contributed by atoms with E-state index in [1.807, 2.05) is 0 Å². The summed E-state index contributed by atoms with van der Waals surface area (Å²) < 4.78 is 5.35. The molecule has 0 aromatic heterocycles. The van der Waals surface area contributed by atoms with Crippen LogP contribution in [0.4, 0.5) is 0 Å². The number of ether oxygens (including phenoxy) is 1. The second-order valence-electron chi connectivity index (χ2n) is 11.0. The highest BCUT2D eigenvalue weighted by atomic mass is 16.5. The van der Waals surface area contributed by atoms with E-state index < -0.39 is 0 Å². The van der Waals surface area contributed by atoms with Crippen molar-refractivity contribution >= 4 is 5.97 Å². The predicted molar refractivity (Wildman–Crippen MR) is 150 cm³/mol. The molecule has 36 heavy (non-hydrogen) atoms. The lowest BCUT2D eigenvalue weighted by Crippen LogP contribution is -2.15. The Kier molecular flexibility index (Phi) is 11.3. The van der Waals surface area contributed by atoms with Crippen molar-refractivity contribution in [2.24, 2.45) is 11.8 Å². The van der Waals surface area contributed by atoms with Gasteiger partial charge in [-0.2, -0.15) is 0 Å². The molecule has 2 aromatic carbocycles. The van der Waals surface area contributed by atoms with Gasteiger partial charge < -0.3 is 9.84 Å². The summed E-state index contributed by atoms with van der Waals surface area (Å²) in [5.74, 6) is 2.08. The Morgan fingerprint density at radius 3 is 2.17 bits per heavy atom. The van der Waals surface area contributed by atoms with Gasteiger partial charge in [0.25, 0.3) is 0 Å². The number of unbranched alkanes of at least 4 members (excludes halogenated alkanes) is 1. The van der Waals surface area contributed by atoms with Gasteiger partial charge in [0.05, 0.1) is 6.61 Å². The van der Waals surface area contributed by atoms with Gasteiger partial charge in [0.2, 0.25) is 0 Å². The fourth-order valence-electron chi connectivity index (χ4n) is 5.67. The van der Waals surface area contributed by atoms with Gasteiger partial charge in [0.15, 0.2) is 0 Å². The molecule has 3 rings (SSSR count). The summed E-state index contributed by atoms with van der Waals surface area (Å²) in [5.41, 5.74) is 5.34. The van der Waals surface area contributed by atoms with Crippen LogP contribution in [0.3, 0.4) is 0 Å². The van der Waals surface area contributed by atoms with E-state index in [9.17, 15) is 9.90 Å². The number of aliphatic hydroxyl groups is 1. The Hall–Kier alpha value is -2.39. The highest BCUT2D eigenvalue weighted by molar-refractivity contribution is 5.86. The molecular formula is C33H46O3. The zero-order chi connectivity index (χ0) is 25.9. The minimum Gasteiger partial charge on any atom is -0.462 e. The van der Waals surface area contributed by atoms with Crippen molar-refractivity contribution in [2.75, 3.05) is 13.2 Å². The standard InChI is InChI=1S/C33H46O3/c1-5-6-7-25(4)22-26-8-10-27(11-9-26)28-12-14-29(15-13-28)30-16-18-31(19-17-30)32(20-21-34)23-36-33(35)24(2)3/h12-19,25-27,32,34H,2,5-11,20-23H2,1,3-4H3. The largest absolute Gasteiger partial charge is 0.462 e. The van der Waals surface area contributed by atoms with Crippen molar-refractivity contribution in [3.05, 3.63) is 71.8 Å². The summed E-state index contributed by atoms with van der Waals surface area (Å²) in [5, 5.41) is 9.46. The van der Waals surface area contributed by atoms with E-state index >= 15 is 0 Å². The zero-order valence-corrected chi connectivity index (χ0v) is 22.7. The molecule has 3 heteroatoms. The third-order valence-corrected chi connectivity index (χ3v) is 7.97. The summed E-state index contributed by atoms with van der Waals surface area (Å²) in [6, 6.07) is 17.6. The van der Waals surface area contributed by atoms with Gasteiger partial charge in [-0.05, 0) is 85.5 Å². The monoisotopic (exact) mass is 490 g/mol. The maximum Gasteiger partial charge on any atom is 0.333 e. The van der Waals surface area contributed by atoms with Crippen molar-refractivity contribution in [3.8, 4) is 11.1 Å². The van der Waals surface area contributed by atoms with Crippen molar-refractivity contribution in [1.82, 2.24) is 0 Å². The average molecular weight is 491 g/mol. The van der Waals surface area contributed by atoms with Crippen LogP contribution in [0.2, 0.25) is 0 Å². The number of benzene rings is 2. The Balaban J connectivity index is 1.55. The molecular weight excluding hydrogens is 444 g/mol. The normalized spacial score (nSPS) is 19.4. The van der Waals surface area contributed by atoms with E-state index in [0.29, 0.717) is 17.9 Å². The number of carbonyl (C=O) groups excluding carboxylic acids is 1. The molecule has 1 aliphatic rings. The highest BCUT2D eigenvalue weighted by Gasteiger charge is 2.23. The fourth-order valence-corrected chi connectivity index (χ4v) is 5.67. The van der Waals surface area contributed by atoms with Crippen LogP contribution in [0.5, 0.6) is 0 Å². The van der Waals surface area contributed by atoms with Gasteiger partial charge in [-0.1, -0.05) is 88.2 Å². The summed E-state index contributed by atoms with van der Waals surface area (Å²) in [6.45, 7) is 10.3. The molecule has 0 saturated heterocycles. The number of rotatable bonds is 13. The van der Waals surface area contributed by atoms with Crippen LogP contribution < -0.4 is 0 Å². The third-order valence-electron chi connectivity index (χ3n) is 7.97. The van der Waals surface area contributed by atoms with Gasteiger partial charge in [0, 0.05) is 18.1 Å². The second kappa shape index (κ2) is 14.4. The van der Waals surface area contributed by atoms with Crippen LogP contribution in [0.25, 0.3) is 11.1 Å². The maximum atomic E-state index is 11.8. The van der Waals surface area contributed by atoms with Crippen LogP contribution in [-0.2, 0) is 9.53 Å². The van der Waals surface area contributed by atoms with Gasteiger partial charge in [0.1, 0.15) is 0 Å². The number of hydrogen-bond acceptors (Lipinski definition) is 3. The molecule has 1 saturated carbocycles. The van der Waals surface area contributed by atoms with Gasteiger partial charge >= 0.3 is 5.97 Å². The Bertz CT molecular complexity index is 936. The molecule has 1 fully saturated rings. The Labute approximate surface area is 219 Å². The number of aliphatic hydroxyl groups excluding tert-OH is 1. The number of carbonyl (C=O) groups is 1. The van der Waals surface area contributed by atoms with Crippen LogP contribution in [0.1, 0.15) is 102 Å². The molecule has 2 atom stereocenters. The molecule has 0 heterocycles. The molecule has 0 amide bonds. The summed E-state index contributed by atoms with van der Waals surface area (Å²) >= 11 is 0. The van der Waals surface area contributed by atoms with Crippen molar-refractivity contribution in [2.45, 2.75) is 90.4 Å². The van der Waals surface area contributed by atoms with Gasteiger partial charge in [-0.25, -0.2) is 4.79 Å². The molecule has 0 radical (unpaired) electrons. The van der Waals surface area contributed by atoms with E-state index in [0.717, 1.165) is 17.4 Å². The van der Waals surface area contributed by atoms with E-state index in [4.69, 9.17) is 4.74 Å². The first-order chi connectivity index (χ1) is 17.4. The average Bonchev–Trinajstić information content (AvgIpc) is 2.90. The summed E-state index contributed by atoms with van der Waals surface area (Å²) in [7, 11) is 0. The Morgan fingerprint density at radius 1 is 1.00 bits per heavy atom. The predicted octanol–water partition coefficient (Wildman–Crippen LogP) is 8.43. The van der Waals surface area contributed by atoms with Crippen LogP contribution >= 0.6 is 0 Å². The fraction of sp³-hybridized carbons (Fsp3) is 0.545. The lowest BCUT2D eigenvalue weighted by Gasteiger charge is -2.30. The maximum absolute atomic E-state index is 11.8. The Morgan fingerprint density at radius 2 is 1.61 bits per heavy atom. The van der Waals surface area contributed by atoms with E-state index in [1.165, 1.54) is 68.1 Å². The van der Waals surface area contributed by atoms with Crippen molar-refractivity contribution in [3.63, 3.8) is 0 Å². The lowest BCUT2D eigenvalue weighted by atomic mass is 9.75. The van der Waals surface area contributed by atoms with E-state index in [2.05, 4.69) is 69.0 Å². The van der Waals surface area contributed by atoms with E-state index in [1.54, 1.807) is 6.92 Å². The quantitative estimate of drug-likeness (QED) is 0.226.